The normalized spacial score (nSPS) is 15.9. The summed E-state index contributed by atoms with van der Waals surface area (Å²) in [6.07, 6.45) is 3.80. The summed E-state index contributed by atoms with van der Waals surface area (Å²) >= 11 is 11.8. The summed E-state index contributed by atoms with van der Waals surface area (Å²) in [6, 6.07) is 10.8. The third-order valence-electron chi connectivity index (χ3n) is 4.48. The lowest BCUT2D eigenvalue weighted by molar-refractivity contribution is 0.102. The van der Waals surface area contributed by atoms with Gasteiger partial charge in [-0.05, 0) is 49.2 Å². The smallest absolute Gasteiger partial charge is 0.255 e. The van der Waals surface area contributed by atoms with E-state index in [1.807, 2.05) is 0 Å². The molecule has 0 bridgehead atoms. The molecular weight excluding hydrogens is 407 g/mol. The van der Waals surface area contributed by atoms with Crippen molar-refractivity contribution in [1.82, 2.24) is 4.31 Å². The average molecular weight is 427 g/mol. The van der Waals surface area contributed by atoms with E-state index < -0.39 is 15.9 Å². The first-order chi connectivity index (χ1) is 12.9. The van der Waals surface area contributed by atoms with Crippen LogP contribution in [0.4, 0.5) is 5.69 Å². The zero-order valence-corrected chi connectivity index (χ0v) is 16.9. The van der Waals surface area contributed by atoms with Crippen molar-refractivity contribution in [2.75, 3.05) is 18.4 Å². The average Bonchev–Trinajstić information content (AvgIpc) is 2.95. The molecule has 1 fully saturated rings. The number of nitrogens with one attached hydrogen (secondary N) is 1. The molecule has 0 radical (unpaired) electrons. The summed E-state index contributed by atoms with van der Waals surface area (Å²) in [5.41, 5.74) is 0.743. The fourth-order valence-corrected chi connectivity index (χ4v) is 4.87. The fraction of sp³-hybridized carbons (Fsp3) is 0.316. The molecule has 0 saturated carbocycles. The number of benzene rings is 2. The summed E-state index contributed by atoms with van der Waals surface area (Å²) in [5, 5.41) is 3.42. The van der Waals surface area contributed by atoms with Crippen molar-refractivity contribution in [1.29, 1.82) is 0 Å². The van der Waals surface area contributed by atoms with E-state index in [0.717, 1.165) is 25.7 Å². The standard InChI is InChI=1S/C19H20Cl2N2O3S/c20-17-9-8-15(13-18(17)21)22-19(24)14-6-5-7-16(12-14)27(25,26)23-10-3-1-2-4-11-23/h5-9,12-13H,1-4,10-11H2,(H,22,24). The SMILES string of the molecule is O=C(Nc1ccc(Cl)c(Cl)c1)c1cccc(S(=O)(=O)N2CCCCCC2)c1. The molecule has 144 valence electrons. The number of anilines is 1. The highest BCUT2D eigenvalue weighted by Crippen LogP contribution is 2.26. The molecule has 27 heavy (non-hydrogen) atoms. The second kappa shape index (κ2) is 8.61. The van der Waals surface area contributed by atoms with Crippen LogP contribution in [-0.4, -0.2) is 31.7 Å². The van der Waals surface area contributed by atoms with Crippen LogP contribution in [0.3, 0.4) is 0 Å². The Morgan fingerprint density at radius 1 is 0.926 bits per heavy atom. The summed E-state index contributed by atoms with van der Waals surface area (Å²) in [6.45, 7) is 1.03. The predicted octanol–water partition coefficient (Wildman–Crippen LogP) is 4.81. The Kier molecular flexibility index (Phi) is 6.42. The van der Waals surface area contributed by atoms with Crippen LogP contribution in [0.5, 0.6) is 0 Å². The molecule has 1 aliphatic heterocycles. The van der Waals surface area contributed by atoms with Crippen molar-refractivity contribution in [3.63, 3.8) is 0 Å². The molecule has 5 nitrogen and oxygen atoms in total. The lowest BCUT2D eigenvalue weighted by Gasteiger charge is -2.20. The highest BCUT2D eigenvalue weighted by Gasteiger charge is 2.25. The zero-order chi connectivity index (χ0) is 19.4. The van der Waals surface area contributed by atoms with Crippen molar-refractivity contribution in [2.24, 2.45) is 0 Å². The van der Waals surface area contributed by atoms with E-state index in [4.69, 9.17) is 23.2 Å². The van der Waals surface area contributed by atoms with Gasteiger partial charge in [-0.2, -0.15) is 4.31 Å². The maximum Gasteiger partial charge on any atom is 0.255 e. The van der Waals surface area contributed by atoms with E-state index >= 15 is 0 Å². The van der Waals surface area contributed by atoms with Gasteiger partial charge in [0.2, 0.25) is 10.0 Å². The molecule has 1 aliphatic rings. The minimum absolute atomic E-state index is 0.131. The lowest BCUT2D eigenvalue weighted by Crippen LogP contribution is -2.32. The van der Waals surface area contributed by atoms with Crippen molar-refractivity contribution in [3.8, 4) is 0 Å². The number of hydrogen-bond donors (Lipinski definition) is 1. The number of carbonyl (C=O) groups excluding carboxylic acids is 1. The topological polar surface area (TPSA) is 66.5 Å². The molecule has 0 atom stereocenters. The van der Waals surface area contributed by atoms with Crippen molar-refractivity contribution < 1.29 is 13.2 Å². The molecule has 1 heterocycles. The van der Waals surface area contributed by atoms with Crippen LogP contribution in [0.1, 0.15) is 36.0 Å². The van der Waals surface area contributed by atoms with E-state index in [-0.39, 0.29) is 10.5 Å². The molecular formula is C19H20Cl2N2O3S. The largest absolute Gasteiger partial charge is 0.322 e. The van der Waals surface area contributed by atoms with Gasteiger partial charge in [-0.1, -0.05) is 42.1 Å². The van der Waals surface area contributed by atoms with E-state index in [2.05, 4.69) is 5.32 Å². The lowest BCUT2D eigenvalue weighted by atomic mass is 10.2. The Morgan fingerprint density at radius 2 is 1.63 bits per heavy atom. The summed E-state index contributed by atoms with van der Waals surface area (Å²) < 4.78 is 27.3. The predicted molar refractivity (Wildman–Crippen MR) is 108 cm³/mol. The minimum atomic E-state index is -3.61. The fourth-order valence-electron chi connectivity index (χ4n) is 3.01. The van der Waals surface area contributed by atoms with Gasteiger partial charge >= 0.3 is 0 Å². The molecule has 1 amide bonds. The van der Waals surface area contributed by atoms with E-state index in [0.29, 0.717) is 28.8 Å². The van der Waals surface area contributed by atoms with Crippen molar-refractivity contribution in [3.05, 3.63) is 58.1 Å². The molecule has 0 spiro atoms. The van der Waals surface area contributed by atoms with Crippen LogP contribution in [0.2, 0.25) is 10.0 Å². The summed E-state index contributed by atoms with van der Waals surface area (Å²) in [5.74, 6) is -0.415. The Hall–Kier alpha value is -1.60. The quantitative estimate of drug-likeness (QED) is 0.762. The molecule has 1 saturated heterocycles. The second-order valence-corrected chi connectivity index (χ2v) is 9.18. The molecule has 3 rings (SSSR count). The number of carbonyl (C=O) groups is 1. The van der Waals surface area contributed by atoms with Crippen molar-refractivity contribution >= 4 is 44.8 Å². The zero-order valence-electron chi connectivity index (χ0n) is 14.6. The second-order valence-electron chi connectivity index (χ2n) is 6.43. The van der Waals surface area contributed by atoms with E-state index in [9.17, 15) is 13.2 Å². The van der Waals surface area contributed by atoms with Gasteiger partial charge in [0.05, 0.1) is 14.9 Å². The van der Waals surface area contributed by atoms with Gasteiger partial charge < -0.3 is 5.32 Å². The van der Waals surface area contributed by atoms with Gasteiger partial charge in [0.25, 0.3) is 5.91 Å². The number of rotatable bonds is 4. The summed E-state index contributed by atoms with van der Waals surface area (Å²) in [7, 11) is -3.61. The number of halogens is 2. The van der Waals surface area contributed by atoms with Gasteiger partial charge in [0, 0.05) is 24.3 Å². The van der Waals surface area contributed by atoms with E-state index in [1.54, 1.807) is 30.3 Å². The van der Waals surface area contributed by atoms with Crippen LogP contribution in [0.25, 0.3) is 0 Å². The van der Waals surface area contributed by atoms with Crippen LogP contribution in [0.15, 0.2) is 47.4 Å². The van der Waals surface area contributed by atoms with Crippen LogP contribution in [0, 0.1) is 0 Å². The van der Waals surface area contributed by atoms with Gasteiger partial charge in [0.1, 0.15) is 0 Å². The third-order valence-corrected chi connectivity index (χ3v) is 7.11. The highest BCUT2D eigenvalue weighted by atomic mass is 35.5. The highest BCUT2D eigenvalue weighted by molar-refractivity contribution is 7.89. The first-order valence-electron chi connectivity index (χ1n) is 8.74. The molecule has 2 aromatic carbocycles. The number of amides is 1. The molecule has 1 N–H and O–H groups in total. The minimum Gasteiger partial charge on any atom is -0.322 e. The van der Waals surface area contributed by atoms with Crippen LogP contribution < -0.4 is 5.32 Å². The Labute approximate surface area is 169 Å². The van der Waals surface area contributed by atoms with Crippen LogP contribution in [-0.2, 0) is 10.0 Å². The van der Waals surface area contributed by atoms with Crippen LogP contribution >= 0.6 is 23.2 Å². The molecule has 8 heteroatoms. The first-order valence-corrected chi connectivity index (χ1v) is 10.9. The van der Waals surface area contributed by atoms with Gasteiger partial charge in [-0.3, -0.25) is 4.79 Å². The number of hydrogen-bond acceptors (Lipinski definition) is 3. The molecule has 2 aromatic rings. The molecule has 0 unspecified atom stereocenters. The van der Waals surface area contributed by atoms with E-state index in [1.165, 1.54) is 16.4 Å². The maximum atomic E-state index is 12.9. The molecule has 0 aliphatic carbocycles. The van der Waals surface area contributed by atoms with Crippen molar-refractivity contribution in [2.45, 2.75) is 30.6 Å². The third kappa shape index (κ3) is 4.82. The monoisotopic (exact) mass is 426 g/mol. The number of nitrogens with zero attached hydrogens (tertiary/aromatic N) is 1. The Balaban J connectivity index is 1.81. The van der Waals surface area contributed by atoms with Gasteiger partial charge in [-0.25, -0.2) is 8.42 Å². The molecule has 0 aromatic heterocycles. The maximum absolute atomic E-state index is 12.9. The van der Waals surface area contributed by atoms with Gasteiger partial charge in [-0.15, -0.1) is 0 Å². The first kappa shape index (κ1) is 20.1. The van der Waals surface area contributed by atoms with Gasteiger partial charge in [0.15, 0.2) is 0 Å². The summed E-state index contributed by atoms with van der Waals surface area (Å²) in [4.78, 5) is 12.7. The Bertz CT molecular complexity index is 940. The Morgan fingerprint density at radius 3 is 2.30 bits per heavy atom. The number of sulfonamides is 1.